The second kappa shape index (κ2) is 5.38. The van der Waals surface area contributed by atoms with Crippen LogP contribution in [0.2, 0.25) is 0 Å². The van der Waals surface area contributed by atoms with Crippen molar-refractivity contribution in [1.29, 1.82) is 0 Å². The fourth-order valence-electron chi connectivity index (χ4n) is 1.66. The Morgan fingerprint density at radius 2 is 2.11 bits per heavy atom. The lowest BCUT2D eigenvalue weighted by molar-refractivity contribution is -0.384. The van der Waals surface area contributed by atoms with Crippen molar-refractivity contribution in [3.63, 3.8) is 0 Å². The van der Waals surface area contributed by atoms with Crippen molar-refractivity contribution in [3.8, 4) is 5.75 Å². The van der Waals surface area contributed by atoms with E-state index in [0.29, 0.717) is 6.54 Å². The lowest BCUT2D eigenvalue weighted by atomic mass is 10.2. The van der Waals surface area contributed by atoms with Crippen LogP contribution in [-0.2, 0) is 13.6 Å². The molecule has 1 N–H and O–H groups in total. The first kappa shape index (κ1) is 12.9. The van der Waals surface area contributed by atoms with E-state index in [2.05, 4.69) is 10.4 Å². The Hall–Kier alpha value is -2.57. The first-order chi connectivity index (χ1) is 9.10. The number of nitro groups is 1. The molecule has 2 aromatic rings. The highest BCUT2D eigenvalue weighted by Gasteiger charge is 2.17. The van der Waals surface area contributed by atoms with Crippen molar-refractivity contribution in [3.05, 3.63) is 46.1 Å². The van der Waals surface area contributed by atoms with Gasteiger partial charge in [-0.3, -0.25) is 14.8 Å². The van der Waals surface area contributed by atoms with E-state index >= 15 is 0 Å². The lowest BCUT2D eigenvalue weighted by Crippen LogP contribution is -2.02. The molecule has 0 aliphatic carbocycles. The van der Waals surface area contributed by atoms with Crippen molar-refractivity contribution in [1.82, 2.24) is 9.78 Å². The molecule has 1 aromatic carbocycles. The molecule has 0 amide bonds. The van der Waals surface area contributed by atoms with Crippen LogP contribution in [0.3, 0.4) is 0 Å². The molecule has 0 radical (unpaired) electrons. The minimum absolute atomic E-state index is 0.0315. The van der Waals surface area contributed by atoms with Crippen molar-refractivity contribution >= 4 is 11.5 Å². The van der Waals surface area contributed by atoms with Gasteiger partial charge in [-0.1, -0.05) is 12.1 Å². The van der Waals surface area contributed by atoms with Gasteiger partial charge in [0.25, 0.3) is 0 Å². The number of methoxy groups -OCH3 is 1. The number of rotatable bonds is 5. The van der Waals surface area contributed by atoms with Gasteiger partial charge in [-0.05, 0) is 17.7 Å². The van der Waals surface area contributed by atoms with Crippen molar-refractivity contribution in [2.45, 2.75) is 6.54 Å². The molecule has 1 aromatic heterocycles. The summed E-state index contributed by atoms with van der Waals surface area (Å²) in [7, 11) is 3.25. The van der Waals surface area contributed by atoms with E-state index in [-0.39, 0.29) is 11.5 Å². The van der Waals surface area contributed by atoms with Gasteiger partial charge >= 0.3 is 5.69 Å². The monoisotopic (exact) mass is 262 g/mol. The Labute approximate surface area is 110 Å². The van der Waals surface area contributed by atoms with Gasteiger partial charge in [0, 0.05) is 13.6 Å². The number of hydrogen-bond donors (Lipinski definition) is 1. The number of nitrogens with zero attached hydrogens (tertiary/aromatic N) is 3. The highest BCUT2D eigenvalue weighted by Crippen LogP contribution is 2.22. The van der Waals surface area contributed by atoms with Crippen LogP contribution in [0.4, 0.5) is 11.5 Å². The van der Waals surface area contributed by atoms with Gasteiger partial charge in [0.05, 0.1) is 12.0 Å². The molecule has 0 fully saturated rings. The van der Waals surface area contributed by atoms with E-state index in [1.165, 1.54) is 10.9 Å². The Kier molecular flexibility index (Phi) is 3.65. The molecule has 0 spiro atoms. The van der Waals surface area contributed by atoms with Gasteiger partial charge in [0.15, 0.2) is 0 Å². The highest BCUT2D eigenvalue weighted by molar-refractivity contribution is 5.54. The largest absolute Gasteiger partial charge is 0.497 e. The molecule has 100 valence electrons. The maximum Gasteiger partial charge on any atom is 0.330 e. The molecule has 19 heavy (non-hydrogen) atoms. The van der Waals surface area contributed by atoms with Crippen LogP contribution in [0.1, 0.15) is 5.56 Å². The number of anilines is 1. The molecule has 0 unspecified atom stereocenters. The zero-order chi connectivity index (χ0) is 13.8. The maximum atomic E-state index is 10.8. The van der Waals surface area contributed by atoms with Crippen LogP contribution >= 0.6 is 0 Å². The summed E-state index contributed by atoms with van der Waals surface area (Å²) in [5, 5.41) is 17.8. The molecular weight excluding hydrogens is 248 g/mol. The second-order valence-corrected chi connectivity index (χ2v) is 4.00. The average molecular weight is 262 g/mol. The van der Waals surface area contributed by atoms with Gasteiger partial charge in [0.1, 0.15) is 11.9 Å². The van der Waals surface area contributed by atoms with E-state index in [9.17, 15) is 10.1 Å². The third-order valence-corrected chi connectivity index (χ3v) is 2.63. The third kappa shape index (κ3) is 3.01. The van der Waals surface area contributed by atoms with E-state index in [4.69, 9.17) is 4.74 Å². The summed E-state index contributed by atoms with van der Waals surface area (Å²) in [4.78, 5) is 10.4. The van der Waals surface area contributed by atoms with Gasteiger partial charge < -0.3 is 10.1 Å². The van der Waals surface area contributed by atoms with Gasteiger partial charge in [0.2, 0.25) is 5.82 Å². The SMILES string of the molecule is COc1ccc(CNc2nn(C)cc2[N+](=O)[O-])cc1. The zero-order valence-electron chi connectivity index (χ0n) is 10.7. The summed E-state index contributed by atoms with van der Waals surface area (Å²) in [6.45, 7) is 0.460. The molecule has 0 aliphatic rings. The van der Waals surface area contributed by atoms with E-state index < -0.39 is 4.92 Å². The number of aryl methyl sites for hydroxylation is 1. The molecule has 2 rings (SSSR count). The summed E-state index contributed by atoms with van der Waals surface area (Å²) in [6.07, 6.45) is 1.37. The Morgan fingerprint density at radius 3 is 2.68 bits per heavy atom. The Bertz CT molecular complexity index is 577. The van der Waals surface area contributed by atoms with E-state index in [1.54, 1.807) is 14.2 Å². The Balaban J connectivity index is 2.07. The fourth-order valence-corrected chi connectivity index (χ4v) is 1.66. The fraction of sp³-hybridized carbons (Fsp3) is 0.250. The number of hydrogen-bond acceptors (Lipinski definition) is 5. The van der Waals surface area contributed by atoms with E-state index in [0.717, 1.165) is 11.3 Å². The molecule has 0 saturated carbocycles. The quantitative estimate of drug-likeness (QED) is 0.657. The second-order valence-electron chi connectivity index (χ2n) is 4.00. The van der Waals surface area contributed by atoms with Crippen molar-refractivity contribution in [2.75, 3.05) is 12.4 Å². The first-order valence-corrected chi connectivity index (χ1v) is 5.65. The molecule has 1 heterocycles. The summed E-state index contributed by atoms with van der Waals surface area (Å²) in [5.74, 6) is 1.04. The highest BCUT2D eigenvalue weighted by atomic mass is 16.6. The molecule has 0 atom stereocenters. The molecule has 0 bridgehead atoms. The predicted octanol–water partition coefficient (Wildman–Crippen LogP) is 1.95. The number of nitrogens with one attached hydrogen (secondary N) is 1. The van der Waals surface area contributed by atoms with Crippen LogP contribution in [0, 0.1) is 10.1 Å². The van der Waals surface area contributed by atoms with Gasteiger partial charge in [-0.15, -0.1) is 5.10 Å². The molecular formula is C12H14N4O3. The van der Waals surface area contributed by atoms with E-state index in [1.807, 2.05) is 24.3 Å². The number of aromatic nitrogens is 2. The summed E-state index contributed by atoms with van der Waals surface area (Å²) in [5.41, 5.74) is 0.955. The van der Waals surface area contributed by atoms with Crippen LogP contribution in [0.15, 0.2) is 30.5 Å². The molecule has 0 aliphatic heterocycles. The van der Waals surface area contributed by atoms with Crippen LogP contribution in [0.25, 0.3) is 0 Å². The Morgan fingerprint density at radius 1 is 1.42 bits per heavy atom. The van der Waals surface area contributed by atoms with Crippen LogP contribution in [-0.4, -0.2) is 21.8 Å². The maximum absolute atomic E-state index is 10.8. The molecule has 0 saturated heterocycles. The van der Waals surface area contributed by atoms with Crippen molar-refractivity contribution in [2.24, 2.45) is 7.05 Å². The average Bonchev–Trinajstić information content (AvgIpc) is 2.78. The topological polar surface area (TPSA) is 82.2 Å². The summed E-state index contributed by atoms with van der Waals surface area (Å²) < 4.78 is 6.47. The number of ether oxygens (including phenoxy) is 1. The van der Waals surface area contributed by atoms with Gasteiger partial charge in [-0.2, -0.15) is 0 Å². The minimum Gasteiger partial charge on any atom is -0.497 e. The first-order valence-electron chi connectivity index (χ1n) is 5.65. The third-order valence-electron chi connectivity index (χ3n) is 2.63. The summed E-state index contributed by atoms with van der Waals surface area (Å²) in [6, 6.07) is 7.45. The predicted molar refractivity (Wildman–Crippen MR) is 70.2 cm³/mol. The number of benzene rings is 1. The van der Waals surface area contributed by atoms with Crippen LogP contribution in [0.5, 0.6) is 5.75 Å². The smallest absolute Gasteiger partial charge is 0.330 e. The lowest BCUT2D eigenvalue weighted by Gasteiger charge is -2.04. The zero-order valence-corrected chi connectivity index (χ0v) is 10.7. The summed E-state index contributed by atoms with van der Waals surface area (Å²) >= 11 is 0. The molecule has 7 heteroatoms. The minimum atomic E-state index is -0.455. The van der Waals surface area contributed by atoms with Crippen LogP contribution < -0.4 is 10.1 Å². The van der Waals surface area contributed by atoms with Gasteiger partial charge in [-0.25, -0.2) is 0 Å². The normalized spacial score (nSPS) is 10.2. The molecule has 7 nitrogen and oxygen atoms in total. The standard InChI is InChI=1S/C12H14N4O3/c1-15-8-11(16(17)18)12(14-15)13-7-9-3-5-10(19-2)6-4-9/h3-6,8H,7H2,1-2H3,(H,13,14). The van der Waals surface area contributed by atoms with Crippen molar-refractivity contribution < 1.29 is 9.66 Å².